The van der Waals surface area contributed by atoms with Gasteiger partial charge in [0.25, 0.3) is 5.91 Å². The third kappa shape index (κ3) is 3.88. The van der Waals surface area contributed by atoms with E-state index in [4.69, 9.17) is 0 Å². The molecule has 2 N–H and O–H groups in total. The van der Waals surface area contributed by atoms with E-state index in [1.54, 1.807) is 0 Å². The highest BCUT2D eigenvalue weighted by Gasteiger charge is 2.17. The Balaban J connectivity index is 1.25. The van der Waals surface area contributed by atoms with Crippen LogP contribution in [0.4, 0.5) is 5.69 Å². The van der Waals surface area contributed by atoms with Crippen LogP contribution in [0.3, 0.4) is 0 Å². The van der Waals surface area contributed by atoms with Gasteiger partial charge in [-0.2, -0.15) is 11.8 Å². The number of nitrogens with one attached hydrogen (secondary N) is 2. The average Bonchev–Trinajstić information content (AvgIpc) is 3.16. The minimum atomic E-state index is -0.00482. The summed E-state index contributed by atoms with van der Waals surface area (Å²) in [4.78, 5) is 18.7. The van der Waals surface area contributed by atoms with E-state index < -0.39 is 0 Å². The maximum Gasteiger partial charge on any atom is 0.251 e. The molecule has 3 aromatic rings. The first-order valence-electron chi connectivity index (χ1n) is 10.6. The molecule has 1 amide bonds. The monoisotopic (exact) mass is 405 g/mol. The number of aromatic nitrogens is 1. The lowest BCUT2D eigenvalue weighted by Crippen LogP contribution is -2.32. The Morgan fingerprint density at radius 1 is 1.03 bits per heavy atom. The summed E-state index contributed by atoms with van der Waals surface area (Å²) < 4.78 is 0. The van der Waals surface area contributed by atoms with Crippen LogP contribution in [-0.4, -0.2) is 35.5 Å². The molecule has 4 nitrogen and oxygen atoms in total. The number of aryl methyl sites for hydroxylation is 2. The number of fused-ring (bicyclic) bond motifs is 3. The second kappa shape index (κ2) is 8.15. The van der Waals surface area contributed by atoms with E-state index in [0.717, 1.165) is 42.6 Å². The van der Waals surface area contributed by atoms with Gasteiger partial charge >= 0.3 is 0 Å². The van der Waals surface area contributed by atoms with Gasteiger partial charge in [0.15, 0.2) is 0 Å². The molecule has 29 heavy (non-hydrogen) atoms. The van der Waals surface area contributed by atoms with E-state index in [1.807, 2.05) is 23.9 Å². The van der Waals surface area contributed by atoms with Crippen LogP contribution in [0.25, 0.3) is 10.9 Å². The number of hydrogen-bond donors (Lipinski definition) is 2. The molecule has 0 unspecified atom stereocenters. The summed E-state index contributed by atoms with van der Waals surface area (Å²) in [5.41, 5.74) is 7.08. The molecule has 5 heteroatoms. The molecule has 1 saturated heterocycles. The number of hydrogen-bond acceptors (Lipinski definition) is 3. The van der Waals surface area contributed by atoms with Crippen molar-refractivity contribution in [2.24, 2.45) is 0 Å². The van der Waals surface area contributed by atoms with E-state index in [1.165, 1.54) is 46.7 Å². The van der Waals surface area contributed by atoms with Crippen molar-refractivity contribution in [2.75, 3.05) is 29.5 Å². The molecular weight excluding hydrogens is 378 g/mol. The van der Waals surface area contributed by atoms with Gasteiger partial charge in [-0.05, 0) is 67.1 Å². The van der Waals surface area contributed by atoms with Crippen molar-refractivity contribution in [3.8, 4) is 0 Å². The molecule has 150 valence electrons. The zero-order valence-electron chi connectivity index (χ0n) is 16.7. The molecule has 0 bridgehead atoms. The van der Waals surface area contributed by atoms with Crippen LogP contribution in [0.2, 0.25) is 0 Å². The van der Waals surface area contributed by atoms with E-state index in [2.05, 4.69) is 45.5 Å². The number of rotatable bonds is 4. The molecule has 2 heterocycles. The summed E-state index contributed by atoms with van der Waals surface area (Å²) in [5, 5.41) is 4.30. The molecule has 0 spiro atoms. The van der Waals surface area contributed by atoms with Crippen molar-refractivity contribution < 1.29 is 4.79 Å². The summed E-state index contributed by atoms with van der Waals surface area (Å²) in [6, 6.07) is 14.6. The minimum Gasteiger partial charge on any atom is -0.370 e. The Morgan fingerprint density at radius 3 is 2.66 bits per heavy atom. The number of carbonyl (C=O) groups is 1. The third-order valence-corrected chi connectivity index (χ3v) is 7.07. The zero-order chi connectivity index (χ0) is 19.6. The topological polar surface area (TPSA) is 48.1 Å². The Morgan fingerprint density at radius 2 is 1.83 bits per heavy atom. The number of amides is 1. The summed E-state index contributed by atoms with van der Waals surface area (Å²) in [7, 11) is 0. The molecule has 0 radical (unpaired) electrons. The van der Waals surface area contributed by atoms with Gasteiger partial charge in [0, 0.05) is 59.0 Å². The van der Waals surface area contributed by atoms with E-state index in [9.17, 15) is 4.79 Å². The van der Waals surface area contributed by atoms with Crippen molar-refractivity contribution in [1.29, 1.82) is 0 Å². The fourth-order valence-electron chi connectivity index (χ4n) is 4.48. The lowest BCUT2D eigenvalue weighted by Gasteiger charge is -2.28. The van der Waals surface area contributed by atoms with Crippen LogP contribution in [0.15, 0.2) is 42.5 Å². The van der Waals surface area contributed by atoms with Crippen molar-refractivity contribution in [1.82, 2.24) is 10.3 Å². The second-order valence-electron chi connectivity index (χ2n) is 8.00. The first kappa shape index (κ1) is 18.6. The lowest BCUT2D eigenvalue weighted by molar-refractivity contribution is 0.0951. The standard InChI is InChI=1S/C24H27N3OS/c28-24(18-7-10-23-21(15-18)20-3-1-2-4-22(20)26-23)25-16-17-5-8-19(9-6-17)27-11-13-29-14-12-27/h5-10,15,26H,1-4,11-14,16H2,(H,25,28). The summed E-state index contributed by atoms with van der Waals surface area (Å²) in [6.07, 6.45) is 4.73. The SMILES string of the molecule is O=C(NCc1ccc(N2CCSCC2)cc1)c1ccc2[nH]c3c(c2c1)CCCC3. The number of benzene rings is 2. The van der Waals surface area contributed by atoms with Gasteiger partial charge in [0.2, 0.25) is 0 Å². The van der Waals surface area contributed by atoms with Gasteiger partial charge in [-0.1, -0.05) is 12.1 Å². The van der Waals surface area contributed by atoms with Gasteiger partial charge in [-0.15, -0.1) is 0 Å². The molecule has 5 rings (SSSR count). The van der Waals surface area contributed by atoms with Gasteiger partial charge < -0.3 is 15.2 Å². The number of thioether (sulfide) groups is 1. The van der Waals surface area contributed by atoms with Crippen LogP contribution in [-0.2, 0) is 19.4 Å². The Bertz CT molecular complexity index is 1020. The van der Waals surface area contributed by atoms with Crippen LogP contribution in [0.1, 0.15) is 40.0 Å². The normalized spacial score (nSPS) is 16.6. The zero-order valence-corrected chi connectivity index (χ0v) is 17.5. The fourth-order valence-corrected chi connectivity index (χ4v) is 5.38. The Kier molecular flexibility index (Phi) is 5.23. The number of aromatic amines is 1. The first-order valence-corrected chi connectivity index (χ1v) is 11.8. The number of carbonyl (C=O) groups excluding carboxylic acids is 1. The summed E-state index contributed by atoms with van der Waals surface area (Å²) >= 11 is 2.02. The smallest absolute Gasteiger partial charge is 0.251 e. The fraction of sp³-hybridized carbons (Fsp3) is 0.375. The van der Waals surface area contributed by atoms with Crippen molar-refractivity contribution in [2.45, 2.75) is 32.2 Å². The average molecular weight is 406 g/mol. The first-order chi connectivity index (χ1) is 14.3. The minimum absolute atomic E-state index is 0.00482. The van der Waals surface area contributed by atoms with Gasteiger partial charge in [-0.3, -0.25) is 4.79 Å². The Hall–Kier alpha value is -2.40. The quantitative estimate of drug-likeness (QED) is 0.670. The molecule has 1 aliphatic heterocycles. The van der Waals surface area contributed by atoms with Crippen LogP contribution in [0.5, 0.6) is 0 Å². The third-order valence-electron chi connectivity index (χ3n) is 6.13. The predicted molar refractivity (Wildman–Crippen MR) is 122 cm³/mol. The number of anilines is 1. The highest BCUT2D eigenvalue weighted by atomic mass is 32.2. The van der Waals surface area contributed by atoms with E-state index in [0.29, 0.717) is 6.54 Å². The highest BCUT2D eigenvalue weighted by molar-refractivity contribution is 7.99. The van der Waals surface area contributed by atoms with Crippen LogP contribution in [0, 0.1) is 0 Å². The largest absolute Gasteiger partial charge is 0.370 e. The lowest BCUT2D eigenvalue weighted by atomic mass is 9.95. The van der Waals surface area contributed by atoms with Gasteiger partial charge in [-0.25, -0.2) is 0 Å². The summed E-state index contributed by atoms with van der Waals surface area (Å²) in [6.45, 7) is 2.79. The predicted octanol–water partition coefficient (Wildman–Crippen LogP) is 4.53. The van der Waals surface area contributed by atoms with E-state index in [-0.39, 0.29) is 5.91 Å². The van der Waals surface area contributed by atoms with E-state index >= 15 is 0 Å². The highest BCUT2D eigenvalue weighted by Crippen LogP contribution is 2.29. The molecular formula is C24H27N3OS. The van der Waals surface area contributed by atoms with Crippen LogP contribution < -0.4 is 10.2 Å². The molecule has 2 aromatic carbocycles. The van der Waals surface area contributed by atoms with Crippen molar-refractivity contribution >= 4 is 34.3 Å². The molecule has 1 aromatic heterocycles. The van der Waals surface area contributed by atoms with Crippen LogP contribution >= 0.6 is 11.8 Å². The summed E-state index contributed by atoms with van der Waals surface area (Å²) in [5.74, 6) is 2.40. The molecule has 0 saturated carbocycles. The van der Waals surface area contributed by atoms with Gasteiger partial charge in [0.1, 0.15) is 0 Å². The molecule has 2 aliphatic rings. The van der Waals surface area contributed by atoms with Crippen molar-refractivity contribution in [3.05, 3.63) is 64.8 Å². The maximum atomic E-state index is 12.7. The molecule has 1 fully saturated rings. The van der Waals surface area contributed by atoms with Crippen molar-refractivity contribution in [3.63, 3.8) is 0 Å². The maximum absolute atomic E-state index is 12.7. The second-order valence-corrected chi connectivity index (χ2v) is 9.22. The number of nitrogens with zero attached hydrogens (tertiary/aromatic N) is 1. The Labute approximate surface area is 176 Å². The number of H-pyrrole nitrogens is 1. The molecule has 1 aliphatic carbocycles. The molecule has 0 atom stereocenters. The van der Waals surface area contributed by atoms with Gasteiger partial charge in [0.05, 0.1) is 0 Å².